The summed E-state index contributed by atoms with van der Waals surface area (Å²) >= 11 is 1.48. The van der Waals surface area contributed by atoms with Crippen LogP contribution < -0.4 is 5.32 Å². The summed E-state index contributed by atoms with van der Waals surface area (Å²) in [6.07, 6.45) is 5.35. The summed E-state index contributed by atoms with van der Waals surface area (Å²) in [5, 5.41) is 3.48. The van der Waals surface area contributed by atoms with E-state index < -0.39 is 0 Å². The van der Waals surface area contributed by atoms with Crippen LogP contribution in [0.15, 0.2) is 0 Å². The first-order valence-corrected chi connectivity index (χ1v) is 11.0. The zero-order valence-electron chi connectivity index (χ0n) is 17.2. The predicted molar refractivity (Wildman–Crippen MR) is 111 cm³/mol. The van der Waals surface area contributed by atoms with Crippen molar-refractivity contribution < 1.29 is 9.59 Å². The van der Waals surface area contributed by atoms with Gasteiger partial charge in [-0.2, -0.15) is 0 Å². The first-order chi connectivity index (χ1) is 12.9. The summed E-state index contributed by atoms with van der Waals surface area (Å²) < 4.78 is 0. The first kappa shape index (κ1) is 21.8. The van der Waals surface area contributed by atoms with Gasteiger partial charge in [-0.05, 0) is 39.8 Å². The highest BCUT2D eigenvalue weighted by atomic mass is 32.1. The van der Waals surface area contributed by atoms with Crippen molar-refractivity contribution in [1.29, 1.82) is 0 Å². The quantitative estimate of drug-likeness (QED) is 0.697. The molecule has 1 heterocycles. The minimum absolute atomic E-state index is 0.0765. The molecular weight excluding hydrogens is 360 g/mol. The number of carbonyl (C=O) groups excluding carboxylic acids is 2. The average Bonchev–Trinajstić information content (AvgIpc) is 2.98. The van der Waals surface area contributed by atoms with Crippen LogP contribution in [0.2, 0.25) is 0 Å². The fourth-order valence-corrected chi connectivity index (χ4v) is 4.37. The van der Waals surface area contributed by atoms with Crippen LogP contribution >= 0.6 is 11.3 Å². The van der Waals surface area contributed by atoms with Crippen molar-refractivity contribution in [3.8, 4) is 0 Å². The molecule has 1 N–H and O–H groups in total. The molecule has 0 saturated heterocycles. The number of rotatable bonds is 9. The van der Waals surface area contributed by atoms with E-state index in [-0.39, 0.29) is 24.3 Å². The summed E-state index contributed by atoms with van der Waals surface area (Å²) in [6, 6.07) is 0. The van der Waals surface area contributed by atoms with E-state index in [1.165, 1.54) is 17.8 Å². The molecule has 1 aromatic heterocycles. The van der Waals surface area contributed by atoms with E-state index in [0.717, 1.165) is 55.9 Å². The highest BCUT2D eigenvalue weighted by molar-refractivity contribution is 7.15. The summed E-state index contributed by atoms with van der Waals surface area (Å²) in [5.41, 5.74) is 0.937. The molecule has 27 heavy (non-hydrogen) atoms. The number of hydrogen-bond acceptors (Lipinski definition) is 5. The van der Waals surface area contributed by atoms with Gasteiger partial charge >= 0.3 is 0 Å². The Labute approximate surface area is 167 Å². The minimum Gasteiger partial charge on any atom is -0.332 e. The minimum atomic E-state index is -0.160. The van der Waals surface area contributed by atoms with Crippen LogP contribution in [0.5, 0.6) is 0 Å². The maximum atomic E-state index is 13.0. The molecule has 0 radical (unpaired) electrons. The van der Waals surface area contributed by atoms with Gasteiger partial charge in [0.2, 0.25) is 11.8 Å². The van der Waals surface area contributed by atoms with Gasteiger partial charge in [-0.3, -0.25) is 9.59 Å². The van der Waals surface area contributed by atoms with Crippen LogP contribution in [0.25, 0.3) is 0 Å². The summed E-state index contributed by atoms with van der Waals surface area (Å²) in [6.45, 7) is 11.6. The summed E-state index contributed by atoms with van der Waals surface area (Å²) in [4.78, 5) is 35.1. The number of carbonyl (C=O) groups is 2. The second-order valence-corrected chi connectivity index (χ2v) is 8.53. The lowest BCUT2D eigenvalue weighted by Crippen LogP contribution is -2.45. The maximum absolute atomic E-state index is 13.0. The zero-order chi connectivity index (χ0) is 19.8. The molecule has 0 atom stereocenters. The van der Waals surface area contributed by atoms with Gasteiger partial charge < -0.3 is 15.1 Å². The third-order valence-electron chi connectivity index (χ3n) is 5.46. The molecular formula is C20H34N4O2S. The molecule has 1 fully saturated rings. The van der Waals surface area contributed by atoms with Gasteiger partial charge in [0.25, 0.3) is 0 Å². The monoisotopic (exact) mass is 394 g/mol. The molecule has 1 aromatic rings. The van der Waals surface area contributed by atoms with E-state index in [0.29, 0.717) is 11.7 Å². The van der Waals surface area contributed by atoms with E-state index in [2.05, 4.69) is 29.0 Å². The molecule has 2 rings (SSSR count). The normalized spacial score (nSPS) is 15.1. The van der Waals surface area contributed by atoms with E-state index in [4.69, 9.17) is 0 Å². The highest BCUT2D eigenvalue weighted by Gasteiger charge is 2.27. The van der Waals surface area contributed by atoms with Crippen molar-refractivity contribution in [2.45, 2.75) is 59.8 Å². The van der Waals surface area contributed by atoms with Gasteiger partial charge in [0.05, 0.1) is 12.2 Å². The Hall–Kier alpha value is -1.47. The maximum Gasteiger partial charge on any atom is 0.245 e. The zero-order valence-corrected chi connectivity index (χ0v) is 18.0. The topological polar surface area (TPSA) is 65.5 Å². The fourth-order valence-electron chi connectivity index (χ4n) is 3.54. The second-order valence-electron chi connectivity index (χ2n) is 7.33. The second kappa shape index (κ2) is 10.8. The molecule has 0 bridgehead atoms. The van der Waals surface area contributed by atoms with Crippen LogP contribution in [0.3, 0.4) is 0 Å². The predicted octanol–water partition coefficient (Wildman–Crippen LogP) is 3.45. The number of nitrogens with one attached hydrogen (secondary N) is 1. The number of anilines is 1. The van der Waals surface area contributed by atoms with Gasteiger partial charge in [0.1, 0.15) is 0 Å². The molecule has 1 aliphatic carbocycles. The third-order valence-corrected chi connectivity index (χ3v) is 6.44. The Morgan fingerprint density at radius 1 is 1.11 bits per heavy atom. The van der Waals surface area contributed by atoms with Gasteiger partial charge in [-0.25, -0.2) is 4.98 Å². The molecule has 7 heteroatoms. The molecule has 1 aliphatic rings. The smallest absolute Gasteiger partial charge is 0.245 e. The Morgan fingerprint density at radius 2 is 1.78 bits per heavy atom. The van der Waals surface area contributed by atoms with Gasteiger partial charge in [0.15, 0.2) is 5.13 Å². The lowest BCUT2D eigenvalue weighted by Gasteiger charge is -2.30. The van der Waals surface area contributed by atoms with E-state index in [1.807, 2.05) is 13.8 Å². The number of nitrogens with zero attached hydrogens (tertiary/aromatic N) is 3. The van der Waals surface area contributed by atoms with Crippen molar-refractivity contribution in [1.82, 2.24) is 14.8 Å². The SMILES string of the molecule is CCN(CC)CCN(CC(=O)Nc1nc(C)c(C)s1)C(=O)C1CCCCC1. The molecule has 2 amide bonds. The van der Waals surface area contributed by atoms with Crippen molar-refractivity contribution in [3.05, 3.63) is 10.6 Å². The lowest BCUT2D eigenvalue weighted by molar-refractivity contribution is -0.139. The Balaban J connectivity index is 2.00. The molecule has 0 aromatic carbocycles. The largest absolute Gasteiger partial charge is 0.332 e. The third kappa shape index (κ3) is 6.57. The van der Waals surface area contributed by atoms with Crippen molar-refractivity contribution in [3.63, 3.8) is 0 Å². The van der Waals surface area contributed by atoms with E-state index >= 15 is 0 Å². The fraction of sp³-hybridized carbons (Fsp3) is 0.750. The Bertz CT molecular complexity index is 602. The summed E-state index contributed by atoms with van der Waals surface area (Å²) in [5.74, 6) is 0.0589. The van der Waals surface area contributed by atoms with Crippen LogP contribution in [0.4, 0.5) is 5.13 Å². The number of hydrogen-bond donors (Lipinski definition) is 1. The molecule has 152 valence electrons. The number of aryl methyl sites for hydroxylation is 2. The van der Waals surface area contributed by atoms with Crippen molar-refractivity contribution >= 4 is 28.3 Å². The molecule has 6 nitrogen and oxygen atoms in total. The van der Waals surface area contributed by atoms with Crippen LogP contribution in [-0.2, 0) is 9.59 Å². The first-order valence-electron chi connectivity index (χ1n) is 10.2. The standard InChI is InChI=1S/C20H34N4O2S/c1-5-23(6-2)12-13-24(19(26)17-10-8-7-9-11-17)14-18(25)22-20-21-15(3)16(4)27-20/h17H,5-14H2,1-4H3,(H,21,22,25). The van der Waals surface area contributed by atoms with Crippen LogP contribution in [-0.4, -0.2) is 59.3 Å². The van der Waals surface area contributed by atoms with Gasteiger partial charge in [-0.1, -0.05) is 33.1 Å². The van der Waals surface area contributed by atoms with E-state index in [1.54, 1.807) is 4.90 Å². The highest BCUT2D eigenvalue weighted by Crippen LogP contribution is 2.26. The molecule has 0 spiro atoms. The Morgan fingerprint density at radius 3 is 2.33 bits per heavy atom. The van der Waals surface area contributed by atoms with E-state index in [9.17, 15) is 9.59 Å². The van der Waals surface area contributed by atoms with Gasteiger partial charge in [-0.15, -0.1) is 11.3 Å². The van der Waals surface area contributed by atoms with Crippen LogP contribution in [0, 0.1) is 19.8 Å². The number of amides is 2. The number of thiazole rings is 1. The number of likely N-dealkylation sites (N-methyl/N-ethyl adjacent to an activating group) is 1. The molecule has 0 aliphatic heterocycles. The number of aromatic nitrogens is 1. The van der Waals surface area contributed by atoms with Crippen LogP contribution in [0.1, 0.15) is 56.5 Å². The van der Waals surface area contributed by atoms with Crippen molar-refractivity contribution in [2.75, 3.05) is 38.0 Å². The molecule has 1 saturated carbocycles. The molecule has 0 unspecified atom stereocenters. The van der Waals surface area contributed by atoms with Gasteiger partial charge in [0, 0.05) is 23.9 Å². The summed E-state index contributed by atoms with van der Waals surface area (Å²) in [7, 11) is 0. The van der Waals surface area contributed by atoms with Crippen molar-refractivity contribution in [2.24, 2.45) is 5.92 Å². The Kier molecular flexibility index (Phi) is 8.70. The average molecular weight is 395 g/mol. The lowest BCUT2D eigenvalue weighted by atomic mass is 9.88.